The van der Waals surface area contributed by atoms with E-state index in [1.807, 2.05) is 0 Å². The van der Waals surface area contributed by atoms with Gasteiger partial charge in [0.2, 0.25) is 0 Å². The molecule has 3 nitrogen and oxygen atoms in total. The van der Waals surface area contributed by atoms with Gasteiger partial charge in [0.25, 0.3) is 0 Å². The molecule has 0 aliphatic carbocycles. The van der Waals surface area contributed by atoms with Gasteiger partial charge in [-0.1, -0.05) is 12.1 Å². The minimum atomic E-state index is -4.92. The third kappa shape index (κ3) is 2.73. The number of esters is 1. The summed E-state index contributed by atoms with van der Waals surface area (Å²) in [5.41, 5.74) is 3.08. The summed E-state index contributed by atoms with van der Waals surface area (Å²) in [7, 11) is 0.981. The van der Waals surface area contributed by atoms with Gasteiger partial charge in [-0.15, -0.1) is 0 Å². The molecule has 1 rings (SSSR count). The number of halogens is 4. The molecule has 0 spiro atoms. The third-order valence-corrected chi connectivity index (χ3v) is 2.12. The van der Waals surface area contributed by atoms with Crippen LogP contribution in [0.3, 0.4) is 0 Å². The molecule has 7 heteroatoms. The predicted molar refractivity (Wildman–Crippen MR) is 50.3 cm³/mol. The number of methoxy groups -OCH3 is 1. The zero-order valence-corrected chi connectivity index (χ0v) is 8.72. The Morgan fingerprint density at radius 2 is 2.00 bits per heavy atom. The molecule has 94 valence electrons. The minimum Gasteiger partial charge on any atom is -0.468 e. The molecule has 0 aliphatic heterocycles. The molecule has 0 fully saturated rings. The molecular formula is C10H9F4NO2. The van der Waals surface area contributed by atoms with Crippen LogP contribution in [-0.4, -0.2) is 13.1 Å². The van der Waals surface area contributed by atoms with Gasteiger partial charge in [0.1, 0.15) is 11.9 Å². The number of nitrogens with two attached hydrogens (primary N) is 1. The predicted octanol–water partition coefficient (Wildman–Crippen LogP) is 2.02. The zero-order valence-electron chi connectivity index (χ0n) is 8.72. The smallest absolute Gasteiger partial charge is 0.419 e. The van der Waals surface area contributed by atoms with Crippen LogP contribution in [0, 0.1) is 5.82 Å². The normalized spacial score (nSPS) is 13.3. The molecule has 0 heterocycles. The molecule has 2 N–H and O–H groups in total. The average molecular weight is 251 g/mol. The second-order valence-corrected chi connectivity index (χ2v) is 3.20. The van der Waals surface area contributed by atoms with Crippen molar-refractivity contribution >= 4 is 5.97 Å². The molecule has 0 aliphatic rings. The van der Waals surface area contributed by atoms with Gasteiger partial charge in [-0.25, -0.2) is 4.39 Å². The molecule has 1 aromatic carbocycles. The summed E-state index contributed by atoms with van der Waals surface area (Å²) in [6.45, 7) is 0. The monoisotopic (exact) mass is 251 g/mol. The highest BCUT2D eigenvalue weighted by atomic mass is 19.4. The van der Waals surface area contributed by atoms with Crippen LogP contribution in [0.15, 0.2) is 18.2 Å². The largest absolute Gasteiger partial charge is 0.468 e. The van der Waals surface area contributed by atoms with E-state index in [4.69, 9.17) is 5.73 Å². The van der Waals surface area contributed by atoms with Crippen molar-refractivity contribution in [2.75, 3.05) is 7.11 Å². The minimum absolute atomic E-state index is 0.649. The summed E-state index contributed by atoms with van der Waals surface area (Å²) < 4.78 is 55.1. The first kappa shape index (κ1) is 13.4. The Kier molecular flexibility index (Phi) is 3.72. The average Bonchev–Trinajstić information content (AvgIpc) is 2.24. The maximum Gasteiger partial charge on any atom is 0.419 e. The van der Waals surface area contributed by atoms with Gasteiger partial charge in [0, 0.05) is 0 Å². The lowest BCUT2D eigenvalue weighted by Gasteiger charge is -2.17. The van der Waals surface area contributed by atoms with E-state index in [0.717, 1.165) is 19.2 Å². The number of alkyl halides is 3. The van der Waals surface area contributed by atoms with Crippen molar-refractivity contribution in [2.24, 2.45) is 5.73 Å². The Morgan fingerprint density at radius 1 is 1.41 bits per heavy atom. The molecule has 0 radical (unpaired) electrons. The van der Waals surface area contributed by atoms with E-state index in [1.54, 1.807) is 0 Å². The molecule has 0 aromatic heterocycles. The van der Waals surface area contributed by atoms with Crippen molar-refractivity contribution in [3.63, 3.8) is 0 Å². The van der Waals surface area contributed by atoms with Crippen molar-refractivity contribution in [3.8, 4) is 0 Å². The Balaban J connectivity index is 3.34. The van der Waals surface area contributed by atoms with Crippen LogP contribution in [0.4, 0.5) is 17.6 Å². The lowest BCUT2D eigenvalue weighted by atomic mass is 10.00. The highest BCUT2D eigenvalue weighted by Crippen LogP contribution is 2.36. The van der Waals surface area contributed by atoms with Gasteiger partial charge < -0.3 is 10.5 Å². The topological polar surface area (TPSA) is 52.3 Å². The lowest BCUT2D eigenvalue weighted by Crippen LogP contribution is -2.26. The highest BCUT2D eigenvalue weighted by Gasteiger charge is 2.39. The summed E-state index contributed by atoms with van der Waals surface area (Å²) >= 11 is 0. The summed E-state index contributed by atoms with van der Waals surface area (Å²) in [5.74, 6) is -2.55. The summed E-state index contributed by atoms with van der Waals surface area (Å²) in [6.07, 6.45) is -4.92. The van der Waals surface area contributed by atoms with Gasteiger partial charge in [-0.2, -0.15) is 13.2 Å². The second kappa shape index (κ2) is 4.70. The lowest BCUT2D eigenvalue weighted by molar-refractivity contribution is -0.144. The van der Waals surface area contributed by atoms with Crippen LogP contribution in [0.2, 0.25) is 0 Å². The van der Waals surface area contributed by atoms with Crippen LogP contribution in [0.5, 0.6) is 0 Å². The molecule has 1 atom stereocenters. The van der Waals surface area contributed by atoms with Crippen LogP contribution >= 0.6 is 0 Å². The fourth-order valence-electron chi connectivity index (χ4n) is 1.35. The maximum atomic E-state index is 13.1. The molecular weight excluding hydrogens is 242 g/mol. The van der Waals surface area contributed by atoms with Crippen LogP contribution in [0.25, 0.3) is 0 Å². The molecule has 0 saturated heterocycles. The molecule has 0 amide bonds. The summed E-state index contributed by atoms with van der Waals surface area (Å²) in [6, 6.07) is 0.958. The van der Waals surface area contributed by atoms with Gasteiger partial charge >= 0.3 is 12.1 Å². The molecule has 1 aromatic rings. The number of benzene rings is 1. The molecule has 0 unspecified atom stereocenters. The second-order valence-electron chi connectivity index (χ2n) is 3.20. The van der Waals surface area contributed by atoms with E-state index in [2.05, 4.69) is 4.74 Å². The number of ether oxygens (including phenoxy) is 1. The zero-order chi connectivity index (χ0) is 13.2. The van der Waals surface area contributed by atoms with Gasteiger partial charge in [0.05, 0.1) is 12.7 Å². The molecule has 0 saturated carbocycles. The van der Waals surface area contributed by atoms with Gasteiger partial charge in [0.15, 0.2) is 0 Å². The van der Waals surface area contributed by atoms with Crippen LogP contribution in [-0.2, 0) is 15.7 Å². The molecule has 17 heavy (non-hydrogen) atoms. The SMILES string of the molecule is COC(=O)[C@@H](N)c1cccc(F)c1C(F)(F)F. The third-order valence-electron chi connectivity index (χ3n) is 2.12. The number of rotatable bonds is 2. The number of carbonyl (C=O) groups excluding carboxylic acids is 1. The Bertz CT molecular complexity index is 431. The number of hydrogen-bond acceptors (Lipinski definition) is 3. The molecule has 0 bridgehead atoms. The quantitative estimate of drug-likeness (QED) is 0.646. The number of hydrogen-bond donors (Lipinski definition) is 1. The maximum absolute atomic E-state index is 13.1. The van der Waals surface area contributed by atoms with Crippen molar-refractivity contribution in [3.05, 3.63) is 35.1 Å². The first-order valence-corrected chi connectivity index (χ1v) is 4.48. The van der Waals surface area contributed by atoms with Crippen molar-refractivity contribution in [2.45, 2.75) is 12.2 Å². The highest BCUT2D eigenvalue weighted by molar-refractivity contribution is 5.77. The van der Waals surface area contributed by atoms with E-state index in [0.29, 0.717) is 6.07 Å². The fourth-order valence-corrected chi connectivity index (χ4v) is 1.35. The fraction of sp³-hybridized carbons (Fsp3) is 0.300. The standard InChI is InChI=1S/C10H9F4NO2/c1-17-9(16)8(15)5-3-2-4-6(11)7(5)10(12,13)14/h2-4,8H,15H2,1H3/t8-/m0/s1. The summed E-state index contributed by atoms with van der Waals surface area (Å²) in [5, 5.41) is 0. The Hall–Kier alpha value is -1.63. The van der Waals surface area contributed by atoms with Crippen LogP contribution in [0.1, 0.15) is 17.2 Å². The summed E-state index contributed by atoms with van der Waals surface area (Å²) in [4.78, 5) is 11.1. The Morgan fingerprint density at radius 3 is 2.47 bits per heavy atom. The van der Waals surface area contributed by atoms with E-state index in [9.17, 15) is 22.4 Å². The van der Waals surface area contributed by atoms with E-state index in [-0.39, 0.29) is 0 Å². The van der Waals surface area contributed by atoms with E-state index < -0.39 is 35.1 Å². The van der Waals surface area contributed by atoms with Crippen molar-refractivity contribution in [1.82, 2.24) is 0 Å². The van der Waals surface area contributed by atoms with Crippen LogP contribution < -0.4 is 5.73 Å². The van der Waals surface area contributed by atoms with E-state index in [1.165, 1.54) is 0 Å². The van der Waals surface area contributed by atoms with E-state index >= 15 is 0 Å². The first-order chi connectivity index (χ1) is 7.79. The Labute approximate surface area is 94.2 Å². The van der Waals surface area contributed by atoms with Gasteiger partial charge in [-0.05, 0) is 11.6 Å². The van der Waals surface area contributed by atoms with Crippen molar-refractivity contribution in [1.29, 1.82) is 0 Å². The number of carbonyl (C=O) groups is 1. The van der Waals surface area contributed by atoms with Crippen molar-refractivity contribution < 1.29 is 27.1 Å². The first-order valence-electron chi connectivity index (χ1n) is 4.48. The van der Waals surface area contributed by atoms with Gasteiger partial charge in [-0.3, -0.25) is 4.79 Å².